The second-order valence-corrected chi connectivity index (χ2v) is 9.85. The third-order valence-corrected chi connectivity index (χ3v) is 6.68. The van der Waals surface area contributed by atoms with Crippen molar-refractivity contribution in [2.24, 2.45) is 0 Å². The van der Waals surface area contributed by atoms with E-state index < -0.39 is 0 Å². The molecule has 3 aromatic carbocycles. The molecular formula is C23H16BrCl2N3OS. The summed E-state index contributed by atoms with van der Waals surface area (Å²) in [5.41, 5.74) is 2.37. The minimum atomic E-state index is -0.352. The van der Waals surface area contributed by atoms with E-state index in [0.29, 0.717) is 26.6 Å². The molecule has 0 N–H and O–H groups in total. The smallest absolute Gasteiger partial charge is 0.196 e. The number of halogens is 3. The number of nitrogens with zero attached hydrogens (tertiary/aromatic N) is 3. The molecular weight excluding hydrogens is 517 g/mol. The van der Waals surface area contributed by atoms with Gasteiger partial charge < -0.3 is 0 Å². The lowest BCUT2D eigenvalue weighted by atomic mass is 10.1. The fourth-order valence-electron chi connectivity index (χ4n) is 3.02. The van der Waals surface area contributed by atoms with E-state index >= 15 is 0 Å². The molecule has 8 heteroatoms. The summed E-state index contributed by atoms with van der Waals surface area (Å²) >= 11 is 16.9. The molecule has 1 heterocycles. The third-order valence-electron chi connectivity index (χ3n) is 4.60. The fraction of sp³-hybridized carbons (Fsp3) is 0.0870. The van der Waals surface area contributed by atoms with Crippen LogP contribution in [0.3, 0.4) is 0 Å². The number of hydrogen-bond donors (Lipinski definition) is 0. The number of rotatable bonds is 6. The third kappa shape index (κ3) is 5.04. The van der Waals surface area contributed by atoms with E-state index in [4.69, 9.17) is 23.2 Å². The van der Waals surface area contributed by atoms with Crippen LogP contribution in [0, 0.1) is 0 Å². The number of benzene rings is 3. The molecule has 4 aromatic rings. The van der Waals surface area contributed by atoms with Gasteiger partial charge >= 0.3 is 0 Å². The van der Waals surface area contributed by atoms with Gasteiger partial charge in [0.2, 0.25) is 0 Å². The van der Waals surface area contributed by atoms with Crippen molar-refractivity contribution in [2.45, 2.75) is 17.3 Å². The van der Waals surface area contributed by atoms with Gasteiger partial charge in [-0.2, -0.15) is 0 Å². The van der Waals surface area contributed by atoms with Gasteiger partial charge in [0, 0.05) is 31.3 Å². The normalized spacial score (nSPS) is 12.0. The first-order valence-corrected chi connectivity index (χ1v) is 11.8. The van der Waals surface area contributed by atoms with Crippen molar-refractivity contribution in [2.75, 3.05) is 0 Å². The van der Waals surface area contributed by atoms with Gasteiger partial charge in [0.15, 0.2) is 16.8 Å². The molecule has 0 aliphatic carbocycles. The Morgan fingerprint density at radius 3 is 2.10 bits per heavy atom. The van der Waals surface area contributed by atoms with Crippen LogP contribution >= 0.6 is 50.9 Å². The highest BCUT2D eigenvalue weighted by atomic mass is 79.9. The van der Waals surface area contributed by atoms with Gasteiger partial charge in [0.1, 0.15) is 0 Å². The summed E-state index contributed by atoms with van der Waals surface area (Å²) in [4.78, 5) is 12.9. The van der Waals surface area contributed by atoms with Crippen molar-refractivity contribution in [3.05, 3.63) is 92.9 Å². The van der Waals surface area contributed by atoms with Gasteiger partial charge in [-0.25, -0.2) is 0 Å². The Morgan fingerprint density at radius 2 is 1.48 bits per heavy atom. The zero-order chi connectivity index (χ0) is 22.0. The molecule has 0 radical (unpaired) electrons. The number of Topliss-reactive ketones (excluding diaryl/α,β-unsaturated/α-hetero) is 1. The van der Waals surface area contributed by atoms with Crippen LogP contribution in [0.2, 0.25) is 10.0 Å². The van der Waals surface area contributed by atoms with Crippen LogP contribution in [0.5, 0.6) is 0 Å². The number of carbonyl (C=O) groups is 1. The minimum absolute atomic E-state index is 0.0243. The lowest BCUT2D eigenvalue weighted by Crippen LogP contribution is -2.14. The van der Waals surface area contributed by atoms with Crippen molar-refractivity contribution in [3.8, 4) is 17.1 Å². The molecule has 0 saturated carbocycles. The van der Waals surface area contributed by atoms with Gasteiger partial charge in [-0.15, -0.1) is 10.2 Å². The summed E-state index contributed by atoms with van der Waals surface area (Å²) in [6.45, 7) is 1.87. The molecule has 0 bridgehead atoms. The average Bonchev–Trinajstić information content (AvgIpc) is 3.18. The maximum absolute atomic E-state index is 12.9. The minimum Gasteiger partial charge on any atom is -0.293 e. The molecule has 1 atom stereocenters. The Balaban J connectivity index is 1.71. The first-order valence-electron chi connectivity index (χ1n) is 9.36. The van der Waals surface area contributed by atoms with Crippen LogP contribution in [0.25, 0.3) is 17.1 Å². The van der Waals surface area contributed by atoms with E-state index in [0.717, 1.165) is 15.7 Å². The number of carbonyl (C=O) groups excluding carboxylic acids is 1. The standard InChI is InChI=1S/C23H16BrCl2N3OS/c1-14(21(30)15-2-6-17(24)7-3-15)31-23-28-27-22(16-4-8-18(25)9-5-16)29(23)20-12-10-19(26)11-13-20/h2-14H,1H3. The molecule has 0 aliphatic heterocycles. The molecule has 0 amide bonds. The summed E-state index contributed by atoms with van der Waals surface area (Å²) in [5, 5.41) is 10.3. The molecule has 156 valence electrons. The Morgan fingerprint density at radius 1 is 0.903 bits per heavy atom. The molecule has 4 nitrogen and oxygen atoms in total. The zero-order valence-corrected chi connectivity index (χ0v) is 20.2. The number of aromatic nitrogens is 3. The highest BCUT2D eigenvalue weighted by Crippen LogP contribution is 2.32. The van der Waals surface area contributed by atoms with Crippen LogP contribution in [0.4, 0.5) is 0 Å². The number of hydrogen-bond acceptors (Lipinski definition) is 4. The molecule has 0 fully saturated rings. The predicted octanol–water partition coefficient (Wildman–Crippen LogP) is 7.37. The van der Waals surface area contributed by atoms with Crippen LogP contribution < -0.4 is 0 Å². The molecule has 1 aromatic heterocycles. The lowest BCUT2D eigenvalue weighted by molar-refractivity contribution is 0.0994. The quantitative estimate of drug-likeness (QED) is 0.192. The summed E-state index contributed by atoms with van der Waals surface area (Å²) in [5.74, 6) is 0.681. The fourth-order valence-corrected chi connectivity index (χ4v) is 4.48. The highest BCUT2D eigenvalue weighted by Gasteiger charge is 2.22. The van der Waals surface area contributed by atoms with Crippen molar-refractivity contribution < 1.29 is 4.79 Å². The number of ketones is 1. The maximum atomic E-state index is 12.9. The van der Waals surface area contributed by atoms with Gasteiger partial charge in [-0.3, -0.25) is 9.36 Å². The van der Waals surface area contributed by atoms with Crippen LogP contribution in [0.15, 0.2) is 82.4 Å². The van der Waals surface area contributed by atoms with E-state index in [1.807, 2.05) is 84.3 Å². The molecule has 31 heavy (non-hydrogen) atoms. The molecule has 0 spiro atoms. The largest absolute Gasteiger partial charge is 0.293 e. The average molecular weight is 533 g/mol. The van der Waals surface area contributed by atoms with Crippen LogP contribution in [-0.2, 0) is 0 Å². The Hall–Kier alpha value is -2.12. The Labute approximate surface area is 202 Å². The number of thioether (sulfide) groups is 1. The topological polar surface area (TPSA) is 47.8 Å². The van der Waals surface area contributed by atoms with E-state index in [1.54, 1.807) is 0 Å². The first-order chi connectivity index (χ1) is 14.9. The Bertz CT molecular complexity index is 1210. The summed E-state index contributed by atoms with van der Waals surface area (Å²) < 4.78 is 2.86. The molecule has 0 aliphatic rings. The SMILES string of the molecule is CC(Sc1nnc(-c2ccc(Cl)cc2)n1-c1ccc(Cl)cc1)C(=O)c1ccc(Br)cc1. The highest BCUT2D eigenvalue weighted by molar-refractivity contribution is 9.10. The zero-order valence-electron chi connectivity index (χ0n) is 16.3. The summed E-state index contributed by atoms with van der Waals surface area (Å²) in [7, 11) is 0. The first kappa shape index (κ1) is 22.1. The molecule has 1 unspecified atom stereocenters. The predicted molar refractivity (Wildman–Crippen MR) is 131 cm³/mol. The van der Waals surface area contributed by atoms with Crippen molar-refractivity contribution in [3.63, 3.8) is 0 Å². The lowest BCUT2D eigenvalue weighted by Gasteiger charge is -2.13. The van der Waals surface area contributed by atoms with Crippen LogP contribution in [-0.4, -0.2) is 25.8 Å². The van der Waals surface area contributed by atoms with Gasteiger partial charge in [0.05, 0.1) is 5.25 Å². The van der Waals surface area contributed by atoms with Gasteiger partial charge in [0.25, 0.3) is 0 Å². The maximum Gasteiger partial charge on any atom is 0.196 e. The Kier molecular flexibility index (Phi) is 6.82. The van der Waals surface area contributed by atoms with Gasteiger partial charge in [-0.1, -0.05) is 63.0 Å². The van der Waals surface area contributed by atoms with Gasteiger partial charge in [-0.05, 0) is 67.6 Å². The molecule has 4 rings (SSSR count). The van der Waals surface area contributed by atoms with Crippen molar-refractivity contribution in [1.82, 2.24) is 14.8 Å². The van der Waals surface area contributed by atoms with E-state index in [1.165, 1.54) is 11.8 Å². The molecule has 0 saturated heterocycles. The second kappa shape index (κ2) is 9.57. The van der Waals surface area contributed by atoms with Crippen LogP contribution in [0.1, 0.15) is 17.3 Å². The van der Waals surface area contributed by atoms with Crippen molar-refractivity contribution in [1.29, 1.82) is 0 Å². The van der Waals surface area contributed by atoms with Crippen molar-refractivity contribution >= 4 is 56.7 Å². The van der Waals surface area contributed by atoms with E-state index in [2.05, 4.69) is 26.1 Å². The summed E-state index contributed by atoms with van der Waals surface area (Å²) in [6, 6.07) is 22.2. The monoisotopic (exact) mass is 531 g/mol. The summed E-state index contributed by atoms with van der Waals surface area (Å²) in [6.07, 6.45) is 0. The van der Waals surface area contributed by atoms with E-state index in [9.17, 15) is 4.79 Å². The second-order valence-electron chi connectivity index (χ2n) is 6.76. The van der Waals surface area contributed by atoms with E-state index in [-0.39, 0.29) is 11.0 Å².